The maximum atomic E-state index is 12.4. The van der Waals surface area contributed by atoms with E-state index in [1.807, 2.05) is 13.8 Å². The Kier molecular flexibility index (Phi) is 5.80. The second-order valence-electron chi connectivity index (χ2n) is 6.08. The molecule has 0 radical (unpaired) electrons. The van der Waals surface area contributed by atoms with Crippen molar-refractivity contribution in [2.24, 2.45) is 0 Å². The van der Waals surface area contributed by atoms with Crippen LogP contribution in [0.2, 0.25) is 0 Å². The number of nitro benzene ring substituents is 1. The molecule has 0 atom stereocenters. The summed E-state index contributed by atoms with van der Waals surface area (Å²) in [7, 11) is 1.35. The van der Waals surface area contributed by atoms with E-state index >= 15 is 0 Å². The van der Waals surface area contributed by atoms with Gasteiger partial charge in [0.2, 0.25) is 5.91 Å². The second-order valence-corrected chi connectivity index (χ2v) is 8.24. The van der Waals surface area contributed by atoms with Gasteiger partial charge in [-0.1, -0.05) is 11.8 Å². The summed E-state index contributed by atoms with van der Waals surface area (Å²) in [5, 5.41) is 15.6. The van der Waals surface area contributed by atoms with Gasteiger partial charge in [0.05, 0.1) is 17.8 Å². The highest BCUT2D eigenvalue weighted by Crippen LogP contribution is 2.35. The van der Waals surface area contributed by atoms with E-state index in [9.17, 15) is 14.9 Å². The smallest absolute Gasteiger partial charge is 0.311 e. The molecule has 0 spiro atoms. The van der Waals surface area contributed by atoms with Crippen molar-refractivity contribution in [3.8, 4) is 5.75 Å². The van der Waals surface area contributed by atoms with E-state index in [1.54, 1.807) is 18.3 Å². The number of fused-ring (bicyclic) bond motifs is 1. The minimum Gasteiger partial charge on any atom is -0.490 e. The molecule has 1 N–H and O–H groups in total. The zero-order chi connectivity index (χ0) is 20.4. The zero-order valence-electron chi connectivity index (χ0n) is 15.7. The summed E-state index contributed by atoms with van der Waals surface area (Å²) in [6.45, 7) is 5.75. The van der Waals surface area contributed by atoms with Gasteiger partial charge in [-0.05, 0) is 31.9 Å². The van der Waals surface area contributed by atoms with E-state index in [-0.39, 0.29) is 23.1 Å². The van der Waals surface area contributed by atoms with E-state index in [0.717, 1.165) is 20.8 Å². The molecule has 0 saturated carbocycles. The van der Waals surface area contributed by atoms with Crippen LogP contribution in [0.1, 0.15) is 16.0 Å². The van der Waals surface area contributed by atoms with Crippen LogP contribution in [-0.2, 0) is 4.79 Å². The normalized spacial score (nSPS) is 10.9. The van der Waals surface area contributed by atoms with E-state index in [1.165, 1.54) is 42.2 Å². The molecular formula is C18H18N4O4S2. The SMILES string of the molecule is COc1cc(NC(=O)CSc2ncnc3sc(C)c(C)c23)c(C)cc1[N+](=O)[O-]. The molecule has 28 heavy (non-hydrogen) atoms. The molecule has 0 bridgehead atoms. The number of nitrogens with one attached hydrogen (secondary N) is 1. The van der Waals surface area contributed by atoms with E-state index < -0.39 is 4.92 Å². The number of thiophene rings is 1. The Bertz CT molecular complexity index is 1080. The number of hydrogen-bond donors (Lipinski definition) is 1. The first kappa shape index (κ1) is 20.0. The van der Waals surface area contributed by atoms with Crippen LogP contribution < -0.4 is 10.1 Å². The monoisotopic (exact) mass is 418 g/mol. The Balaban J connectivity index is 1.76. The molecule has 0 unspecified atom stereocenters. The van der Waals surface area contributed by atoms with Crippen LogP contribution in [0.3, 0.4) is 0 Å². The molecule has 2 heterocycles. The van der Waals surface area contributed by atoms with Crippen molar-refractivity contribution < 1.29 is 14.5 Å². The van der Waals surface area contributed by atoms with Crippen LogP contribution in [-0.4, -0.2) is 33.7 Å². The van der Waals surface area contributed by atoms with Crippen LogP contribution in [0.5, 0.6) is 5.75 Å². The first-order valence-corrected chi connectivity index (χ1v) is 10.1. The minimum absolute atomic E-state index is 0.0976. The molecule has 0 aliphatic rings. The Morgan fingerprint density at radius 1 is 1.32 bits per heavy atom. The van der Waals surface area contributed by atoms with Gasteiger partial charge in [0, 0.05) is 28.1 Å². The molecular weight excluding hydrogens is 400 g/mol. The number of carbonyl (C=O) groups is 1. The topological polar surface area (TPSA) is 107 Å². The number of amides is 1. The number of thioether (sulfide) groups is 1. The fourth-order valence-corrected chi connectivity index (χ4v) is 4.61. The third-order valence-corrected chi connectivity index (χ3v) is 6.37. The first-order chi connectivity index (χ1) is 13.3. The third-order valence-electron chi connectivity index (χ3n) is 4.27. The highest BCUT2D eigenvalue weighted by molar-refractivity contribution is 8.00. The molecule has 0 aliphatic carbocycles. The molecule has 0 aliphatic heterocycles. The number of nitrogens with zero attached hydrogens (tertiary/aromatic N) is 3. The fourth-order valence-electron chi connectivity index (χ4n) is 2.69. The van der Waals surface area contributed by atoms with Gasteiger partial charge >= 0.3 is 5.69 Å². The number of ether oxygens (including phenoxy) is 1. The van der Waals surface area contributed by atoms with E-state index in [4.69, 9.17) is 4.74 Å². The zero-order valence-corrected chi connectivity index (χ0v) is 17.4. The number of rotatable bonds is 6. The molecule has 3 aromatic rings. The number of aryl methyl sites for hydroxylation is 3. The van der Waals surface area contributed by atoms with Crippen LogP contribution in [0.15, 0.2) is 23.5 Å². The summed E-state index contributed by atoms with van der Waals surface area (Å²) < 4.78 is 5.06. The van der Waals surface area contributed by atoms with Gasteiger partial charge in [-0.15, -0.1) is 11.3 Å². The lowest BCUT2D eigenvalue weighted by Crippen LogP contribution is -2.15. The number of hydrogen-bond acceptors (Lipinski definition) is 8. The molecule has 146 valence electrons. The average molecular weight is 419 g/mol. The fraction of sp³-hybridized carbons (Fsp3) is 0.278. The summed E-state index contributed by atoms with van der Waals surface area (Å²) in [4.78, 5) is 33.7. The van der Waals surface area contributed by atoms with Crippen molar-refractivity contribution in [2.45, 2.75) is 25.8 Å². The second kappa shape index (κ2) is 8.11. The molecule has 8 nitrogen and oxygen atoms in total. The molecule has 1 amide bonds. The Hall–Kier alpha value is -2.72. The number of nitro groups is 1. The summed E-state index contributed by atoms with van der Waals surface area (Å²) in [6, 6.07) is 2.85. The number of benzene rings is 1. The predicted molar refractivity (Wildman–Crippen MR) is 111 cm³/mol. The summed E-state index contributed by atoms with van der Waals surface area (Å²) >= 11 is 2.94. The van der Waals surface area contributed by atoms with E-state index in [2.05, 4.69) is 15.3 Å². The van der Waals surface area contributed by atoms with Crippen molar-refractivity contribution >= 4 is 50.6 Å². The van der Waals surface area contributed by atoms with Crippen LogP contribution >= 0.6 is 23.1 Å². The van der Waals surface area contributed by atoms with Crippen molar-refractivity contribution in [3.05, 3.63) is 44.6 Å². The lowest BCUT2D eigenvalue weighted by molar-refractivity contribution is -0.385. The van der Waals surface area contributed by atoms with Crippen molar-refractivity contribution in [1.29, 1.82) is 0 Å². The summed E-state index contributed by atoms with van der Waals surface area (Å²) in [6.07, 6.45) is 1.50. The average Bonchev–Trinajstić information content (AvgIpc) is 2.95. The lowest BCUT2D eigenvalue weighted by Gasteiger charge is -2.11. The quantitative estimate of drug-likeness (QED) is 0.276. The third kappa shape index (κ3) is 3.92. The van der Waals surface area contributed by atoms with Gasteiger partial charge in [0.25, 0.3) is 0 Å². The van der Waals surface area contributed by atoms with Gasteiger partial charge in [0.1, 0.15) is 16.2 Å². The van der Waals surface area contributed by atoms with Crippen molar-refractivity contribution in [3.63, 3.8) is 0 Å². The van der Waals surface area contributed by atoms with Gasteiger partial charge in [-0.3, -0.25) is 14.9 Å². The standard InChI is InChI=1S/C18H18N4O4S2/c1-9-5-13(22(24)25)14(26-4)6-12(9)21-15(23)7-27-17-16-10(2)11(3)28-18(16)20-8-19-17/h5-6,8H,7H2,1-4H3,(H,21,23). The molecule has 1 aromatic carbocycles. The number of anilines is 1. The Morgan fingerprint density at radius 3 is 2.75 bits per heavy atom. The number of methoxy groups -OCH3 is 1. The molecule has 2 aromatic heterocycles. The van der Waals surface area contributed by atoms with Crippen molar-refractivity contribution in [2.75, 3.05) is 18.2 Å². The van der Waals surface area contributed by atoms with Crippen LogP contribution in [0.25, 0.3) is 10.2 Å². The molecule has 0 fully saturated rings. The largest absolute Gasteiger partial charge is 0.490 e. The molecule has 10 heteroatoms. The maximum Gasteiger partial charge on any atom is 0.311 e. The van der Waals surface area contributed by atoms with Crippen LogP contribution in [0, 0.1) is 30.9 Å². The van der Waals surface area contributed by atoms with Gasteiger partial charge in [0.15, 0.2) is 5.75 Å². The van der Waals surface area contributed by atoms with E-state index in [0.29, 0.717) is 11.3 Å². The highest BCUT2D eigenvalue weighted by atomic mass is 32.2. The molecule has 0 saturated heterocycles. The first-order valence-electron chi connectivity index (χ1n) is 8.28. The summed E-state index contributed by atoms with van der Waals surface area (Å²) in [5.74, 6) is 0.0138. The minimum atomic E-state index is -0.515. The highest BCUT2D eigenvalue weighted by Gasteiger charge is 2.19. The van der Waals surface area contributed by atoms with Crippen molar-refractivity contribution in [1.82, 2.24) is 9.97 Å². The van der Waals surface area contributed by atoms with Gasteiger partial charge in [-0.25, -0.2) is 9.97 Å². The Morgan fingerprint density at radius 2 is 2.07 bits per heavy atom. The number of carbonyl (C=O) groups excluding carboxylic acids is 1. The Labute approximate surface area is 169 Å². The molecule has 3 rings (SSSR count). The number of aromatic nitrogens is 2. The van der Waals surface area contributed by atoms with Gasteiger partial charge < -0.3 is 10.1 Å². The summed E-state index contributed by atoms with van der Waals surface area (Å²) in [5.41, 5.74) is 2.04. The lowest BCUT2D eigenvalue weighted by atomic mass is 10.1. The predicted octanol–water partition coefficient (Wildman–Crippen LogP) is 4.26. The van der Waals surface area contributed by atoms with Crippen LogP contribution in [0.4, 0.5) is 11.4 Å². The maximum absolute atomic E-state index is 12.4. The van der Waals surface area contributed by atoms with Gasteiger partial charge in [-0.2, -0.15) is 0 Å².